The minimum Gasteiger partial charge on any atom is -0.444 e. The third-order valence-electron chi connectivity index (χ3n) is 3.52. The van der Waals surface area contributed by atoms with Crippen molar-refractivity contribution in [3.63, 3.8) is 0 Å². The Morgan fingerprint density at radius 2 is 1.73 bits per heavy atom. The summed E-state index contributed by atoms with van der Waals surface area (Å²) in [4.78, 5) is 28.5. The van der Waals surface area contributed by atoms with Crippen LogP contribution < -0.4 is 0 Å². The second kappa shape index (κ2) is 5.94. The highest BCUT2D eigenvalue weighted by Crippen LogP contribution is 2.36. The summed E-state index contributed by atoms with van der Waals surface area (Å²) in [6.45, 7) is 17.3. The first-order chi connectivity index (χ1) is 9.75. The molecular weight excluding hydrogens is 280 g/mol. The molecule has 1 aliphatic rings. The van der Waals surface area contributed by atoms with Gasteiger partial charge in [0.1, 0.15) is 17.8 Å². The fraction of sp³-hybridized carbons (Fsp3) is 0.765. The zero-order chi connectivity index (χ0) is 17.5. The summed E-state index contributed by atoms with van der Waals surface area (Å²) in [5.74, 6) is -0.0613. The van der Waals surface area contributed by atoms with E-state index in [9.17, 15) is 9.59 Å². The number of nitrogens with zero attached hydrogens (tertiary/aromatic N) is 2. The van der Waals surface area contributed by atoms with Crippen molar-refractivity contribution < 1.29 is 14.3 Å². The van der Waals surface area contributed by atoms with Crippen molar-refractivity contribution in [2.45, 2.75) is 72.7 Å². The third kappa shape index (κ3) is 4.02. The van der Waals surface area contributed by atoms with Crippen LogP contribution in [0.15, 0.2) is 12.2 Å². The number of hydrogen-bond acceptors (Lipinski definition) is 3. The second-order valence-electron chi connectivity index (χ2n) is 8.25. The summed E-state index contributed by atoms with van der Waals surface area (Å²) >= 11 is 0. The van der Waals surface area contributed by atoms with Gasteiger partial charge in [-0.15, -0.1) is 6.58 Å². The van der Waals surface area contributed by atoms with Gasteiger partial charge in [-0.1, -0.05) is 26.3 Å². The SMILES string of the molecule is C=C(C)C[C@H]1C(=O)N(C)[C@H](C(C)(C)C)N1C(=O)OC(C)(C)C. The van der Waals surface area contributed by atoms with Crippen molar-refractivity contribution in [2.75, 3.05) is 7.05 Å². The molecule has 0 spiro atoms. The van der Waals surface area contributed by atoms with Crippen molar-refractivity contribution in [2.24, 2.45) is 5.41 Å². The van der Waals surface area contributed by atoms with Crippen LogP contribution in [0.2, 0.25) is 0 Å². The summed E-state index contributed by atoms with van der Waals surface area (Å²) in [6, 6.07) is -0.540. The van der Waals surface area contributed by atoms with Gasteiger partial charge in [0.15, 0.2) is 0 Å². The van der Waals surface area contributed by atoms with E-state index in [-0.39, 0.29) is 17.5 Å². The monoisotopic (exact) mass is 310 g/mol. The summed E-state index contributed by atoms with van der Waals surface area (Å²) < 4.78 is 5.53. The Morgan fingerprint density at radius 1 is 1.23 bits per heavy atom. The molecule has 1 aliphatic heterocycles. The number of carbonyl (C=O) groups is 2. The molecule has 0 N–H and O–H groups in total. The van der Waals surface area contributed by atoms with Gasteiger partial charge in [0.2, 0.25) is 5.91 Å². The van der Waals surface area contributed by atoms with Crippen molar-refractivity contribution in [1.29, 1.82) is 0 Å². The highest BCUT2D eigenvalue weighted by Gasteiger charge is 2.52. The fourth-order valence-corrected chi connectivity index (χ4v) is 2.89. The van der Waals surface area contributed by atoms with E-state index in [0.717, 1.165) is 5.57 Å². The Hall–Kier alpha value is -1.52. The molecule has 1 rings (SSSR count). The number of amides is 2. The molecule has 0 saturated carbocycles. The molecule has 2 amide bonds. The standard InChI is InChI=1S/C17H30N2O3/c1-11(2)10-12-13(20)18(9)14(16(3,4)5)19(12)15(21)22-17(6,7)8/h12,14H,1,10H2,2-9H3/t12-,14-/m0/s1. The molecule has 126 valence electrons. The lowest BCUT2D eigenvalue weighted by molar-refractivity contribution is -0.129. The second-order valence-corrected chi connectivity index (χ2v) is 8.25. The molecule has 1 saturated heterocycles. The first-order valence-electron chi connectivity index (χ1n) is 7.68. The summed E-state index contributed by atoms with van der Waals surface area (Å²) in [5, 5.41) is 0. The Morgan fingerprint density at radius 3 is 2.09 bits per heavy atom. The molecule has 5 nitrogen and oxygen atoms in total. The van der Waals surface area contributed by atoms with Gasteiger partial charge >= 0.3 is 6.09 Å². The molecule has 0 aliphatic carbocycles. The Bertz CT molecular complexity index is 471. The molecule has 0 aromatic rings. The first kappa shape index (κ1) is 18.5. The van der Waals surface area contributed by atoms with Crippen molar-refractivity contribution in [3.8, 4) is 0 Å². The fourth-order valence-electron chi connectivity index (χ4n) is 2.89. The van der Waals surface area contributed by atoms with E-state index < -0.39 is 17.7 Å². The van der Waals surface area contributed by atoms with Gasteiger partial charge in [-0.25, -0.2) is 4.79 Å². The third-order valence-corrected chi connectivity index (χ3v) is 3.52. The molecule has 0 aromatic carbocycles. The van der Waals surface area contributed by atoms with Gasteiger partial charge in [0.05, 0.1) is 0 Å². The molecule has 2 atom stereocenters. The van der Waals surface area contributed by atoms with Crippen LogP contribution in [-0.2, 0) is 9.53 Å². The van der Waals surface area contributed by atoms with Gasteiger partial charge in [0.25, 0.3) is 0 Å². The van der Waals surface area contributed by atoms with Crippen LogP contribution in [0, 0.1) is 5.41 Å². The number of carbonyl (C=O) groups excluding carboxylic acids is 2. The van der Waals surface area contributed by atoms with Crippen LogP contribution in [0.1, 0.15) is 54.9 Å². The van der Waals surface area contributed by atoms with Crippen molar-refractivity contribution >= 4 is 12.0 Å². The minimum atomic E-state index is -0.600. The quantitative estimate of drug-likeness (QED) is 0.734. The maximum atomic E-state index is 12.7. The van der Waals surface area contributed by atoms with Crippen LogP contribution in [-0.4, -0.2) is 46.7 Å². The molecule has 1 heterocycles. The highest BCUT2D eigenvalue weighted by molar-refractivity contribution is 5.89. The lowest BCUT2D eigenvalue weighted by Crippen LogP contribution is -2.52. The molecule has 0 aromatic heterocycles. The van der Waals surface area contributed by atoms with Gasteiger partial charge in [-0.05, 0) is 34.1 Å². The Labute approximate surface area is 134 Å². The first-order valence-corrected chi connectivity index (χ1v) is 7.68. The van der Waals surface area contributed by atoms with Gasteiger partial charge in [0, 0.05) is 12.5 Å². The molecule has 5 heteroatoms. The lowest BCUT2D eigenvalue weighted by Gasteiger charge is -2.39. The predicted molar refractivity (Wildman–Crippen MR) is 87.3 cm³/mol. The zero-order valence-corrected chi connectivity index (χ0v) is 15.2. The molecule has 0 unspecified atom stereocenters. The van der Waals surface area contributed by atoms with E-state index in [1.807, 2.05) is 48.5 Å². The van der Waals surface area contributed by atoms with Crippen molar-refractivity contribution in [1.82, 2.24) is 9.80 Å². The Balaban J connectivity index is 3.23. The molecule has 22 heavy (non-hydrogen) atoms. The normalized spacial score (nSPS) is 23.0. The highest BCUT2D eigenvalue weighted by atomic mass is 16.6. The molecule has 1 fully saturated rings. The average molecular weight is 310 g/mol. The topological polar surface area (TPSA) is 49.9 Å². The van der Waals surface area contributed by atoms with Crippen molar-refractivity contribution in [3.05, 3.63) is 12.2 Å². The van der Waals surface area contributed by atoms with Gasteiger partial charge < -0.3 is 9.64 Å². The van der Waals surface area contributed by atoms with E-state index in [4.69, 9.17) is 4.74 Å². The predicted octanol–water partition coefficient (Wildman–Crippen LogP) is 3.40. The van der Waals surface area contributed by atoms with E-state index in [1.165, 1.54) is 0 Å². The van der Waals surface area contributed by atoms with E-state index in [1.54, 1.807) is 16.8 Å². The largest absolute Gasteiger partial charge is 0.444 e. The number of hydrogen-bond donors (Lipinski definition) is 0. The average Bonchev–Trinajstić information content (AvgIpc) is 2.50. The molecule has 0 bridgehead atoms. The smallest absolute Gasteiger partial charge is 0.412 e. The summed E-state index contributed by atoms with van der Waals surface area (Å²) in [7, 11) is 1.74. The number of likely N-dealkylation sites (N-methyl/N-ethyl adjacent to an activating group) is 1. The minimum absolute atomic E-state index is 0.0613. The van der Waals surface area contributed by atoms with Gasteiger partial charge in [-0.3, -0.25) is 9.69 Å². The zero-order valence-electron chi connectivity index (χ0n) is 15.2. The maximum Gasteiger partial charge on any atom is 0.412 e. The van der Waals surface area contributed by atoms with Gasteiger partial charge in [-0.2, -0.15) is 0 Å². The van der Waals surface area contributed by atoms with Crippen LogP contribution in [0.5, 0.6) is 0 Å². The lowest BCUT2D eigenvalue weighted by atomic mass is 9.91. The summed E-state index contributed by atoms with van der Waals surface area (Å²) in [5.41, 5.74) is -0.00213. The van der Waals surface area contributed by atoms with E-state index in [0.29, 0.717) is 6.42 Å². The summed E-state index contributed by atoms with van der Waals surface area (Å²) in [6.07, 6.45) is -0.329. The Kier molecular flexibility index (Phi) is 5.00. The van der Waals surface area contributed by atoms with E-state index in [2.05, 4.69) is 6.58 Å². The van der Waals surface area contributed by atoms with Crippen LogP contribution in [0.3, 0.4) is 0 Å². The number of rotatable bonds is 2. The number of ether oxygens (including phenoxy) is 1. The van der Waals surface area contributed by atoms with E-state index >= 15 is 0 Å². The van der Waals surface area contributed by atoms with Crippen LogP contribution in [0.4, 0.5) is 4.79 Å². The molecule has 0 radical (unpaired) electrons. The molecular formula is C17H30N2O3. The maximum absolute atomic E-state index is 12.7. The van der Waals surface area contributed by atoms with Crippen LogP contribution in [0.25, 0.3) is 0 Å². The van der Waals surface area contributed by atoms with Crippen LogP contribution >= 0.6 is 0 Å².